The molecule has 1 aromatic heterocycles. The van der Waals surface area contributed by atoms with Crippen molar-refractivity contribution >= 4 is 38.3 Å². The summed E-state index contributed by atoms with van der Waals surface area (Å²) >= 11 is 0. The third-order valence-electron chi connectivity index (χ3n) is 4.33. The summed E-state index contributed by atoms with van der Waals surface area (Å²) in [5, 5.41) is 4.78. The van der Waals surface area contributed by atoms with Crippen LogP contribution in [0.2, 0.25) is 0 Å². The molecule has 4 rings (SSSR count). The van der Waals surface area contributed by atoms with Gasteiger partial charge in [-0.1, -0.05) is 30.3 Å². The van der Waals surface area contributed by atoms with Crippen LogP contribution in [-0.4, -0.2) is 30.9 Å². The van der Waals surface area contributed by atoms with Crippen molar-refractivity contribution < 1.29 is 17.9 Å². The lowest BCUT2D eigenvalue weighted by atomic mass is 10.1. The third kappa shape index (κ3) is 5.14. The summed E-state index contributed by atoms with van der Waals surface area (Å²) in [6, 6.07) is 20.8. The van der Waals surface area contributed by atoms with Crippen molar-refractivity contribution in [2.45, 2.75) is 4.90 Å². The van der Waals surface area contributed by atoms with Crippen LogP contribution < -0.4 is 14.8 Å². The molecule has 0 unspecified atom stereocenters. The molecule has 31 heavy (non-hydrogen) atoms. The first-order valence-corrected chi connectivity index (χ1v) is 10.8. The van der Waals surface area contributed by atoms with E-state index in [9.17, 15) is 13.2 Å². The molecule has 0 spiro atoms. The molecular weight excluding hydrogens is 416 g/mol. The molecule has 156 valence electrons. The van der Waals surface area contributed by atoms with E-state index in [-0.39, 0.29) is 23.4 Å². The Labute approximate surface area is 179 Å². The maximum Gasteiger partial charge on any atom is 0.264 e. The van der Waals surface area contributed by atoms with E-state index < -0.39 is 10.0 Å². The van der Waals surface area contributed by atoms with Gasteiger partial charge in [0.2, 0.25) is 5.95 Å². The second kappa shape index (κ2) is 8.80. The Morgan fingerprint density at radius 3 is 2.32 bits per heavy atom. The summed E-state index contributed by atoms with van der Waals surface area (Å²) in [7, 11) is -3.84. The minimum atomic E-state index is -3.84. The number of benzene rings is 3. The van der Waals surface area contributed by atoms with Gasteiger partial charge in [-0.3, -0.25) is 4.79 Å². The molecule has 0 atom stereocenters. The number of carbonyl (C=O) groups excluding carboxylic acids is 1. The summed E-state index contributed by atoms with van der Waals surface area (Å²) in [5.41, 5.74) is 0.446. The Hall–Kier alpha value is -3.98. The number of fused-ring (bicyclic) bond motifs is 1. The van der Waals surface area contributed by atoms with Crippen LogP contribution in [0.25, 0.3) is 10.8 Å². The van der Waals surface area contributed by atoms with Crippen LogP contribution in [-0.2, 0) is 14.8 Å². The van der Waals surface area contributed by atoms with E-state index in [4.69, 9.17) is 4.74 Å². The summed E-state index contributed by atoms with van der Waals surface area (Å²) in [6.45, 7) is -0.175. The highest BCUT2D eigenvalue weighted by atomic mass is 32.2. The van der Waals surface area contributed by atoms with Crippen LogP contribution in [0.5, 0.6) is 5.75 Å². The molecule has 0 aliphatic heterocycles. The minimum absolute atomic E-state index is 0.0189. The molecule has 0 aliphatic rings. The van der Waals surface area contributed by atoms with Crippen molar-refractivity contribution in [2.75, 3.05) is 16.6 Å². The lowest BCUT2D eigenvalue weighted by Crippen LogP contribution is -2.20. The van der Waals surface area contributed by atoms with Crippen molar-refractivity contribution in [3.63, 3.8) is 0 Å². The number of hydrogen-bond donors (Lipinski definition) is 2. The fourth-order valence-corrected chi connectivity index (χ4v) is 3.81. The number of carbonyl (C=O) groups is 1. The van der Waals surface area contributed by atoms with Gasteiger partial charge in [0.15, 0.2) is 6.61 Å². The Morgan fingerprint density at radius 1 is 0.871 bits per heavy atom. The van der Waals surface area contributed by atoms with E-state index in [0.717, 1.165) is 10.8 Å². The second-order valence-electron chi connectivity index (χ2n) is 6.55. The molecule has 0 saturated heterocycles. The van der Waals surface area contributed by atoms with E-state index >= 15 is 0 Å². The lowest BCUT2D eigenvalue weighted by molar-refractivity contribution is -0.118. The average Bonchev–Trinajstić information content (AvgIpc) is 2.78. The van der Waals surface area contributed by atoms with Crippen molar-refractivity contribution in [3.8, 4) is 5.75 Å². The molecule has 4 aromatic rings. The van der Waals surface area contributed by atoms with Gasteiger partial charge < -0.3 is 10.1 Å². The smallest absolute Gasteiger partial charge is 0.264 e. The normalized spacial score (nSPS) is 11.1. The first kappa shape index (κ1) is 20.3. The number of nitrogens with one attached hydrogen (secondary N) is 2. The molecule has 2 N–H and O–H groups in total. The van der Waals surface area contributed by atoms with Gasteiger partial charge in [0.05, 0.1) is 4.90 Å². The van der Waals surface area contributed by atoms with E-state index in [1.807, 2.05) is 36.4 Å². The predicted molar refractivity (Wildman–Crippen MR) is 117 cm³/mol. The van der Waals surface area contributed by atoms with Crippen molar-refractivity contribution in [2.24, 2.45) is 0 Å². The van der Waals surface area contributed by atoms with Gasteiger partial charge in [0, 0.05) is 18.1 Å². The van der Waals surface area contributed by atoms with Gasteiger partial charge >= 0.3 is 0 Å². The second-order valence-corrected chi connectivity index (χ2v) is 8.23. The molecule has 1 amide bonds. The van der Waals surface area contributed by atoms with E-state index in [1.54, 1.807) is 12.1 Å². The summed E-state index contributed by atoms with van der Waals surface area (Å²) < 4.78 is 32.6. The molecule has 0 bridgehead atoms. The van der Waals surface area contributed by atoms with Crippen molar-refractivity contribution in [1.29, 1.82) is 0 Å². The number of rotatable bonds is 7. The summed E-state index contributed by atoms with van der Waals surface area (Å²) in [5.74, 6) is 0.204. The van der Waals surface area contributed by atoms with Gasteiger partial charge in [-0.25, -0.2) is 23.1 Å². The van der Waals surface area contributed by atoms with Crippen molar-refractivity contribution in [1.82, 2.24) is 9.97 Å². The molecule has 0 radical (unpaired) electrons. The van der Waals surface area contributed by atoms with Crippen LogP contribution in [0.4, 0.5) is 11.6 Å². The van der Waals surface area contributed by atoms with E-state index in [2.05, 4.69) is 20.0 Å². The molecule has 1 heterocycles. The number of anilines is 2. The Kier molecular flexibility index (Phi) is 5.76. The standard InChI is InChI=1S/C22H18N4O4S/c27-21(15-30-19-9-6-16-4-1-2-5-17(16)14-19)25-18-7-10-20(11-8-18)31(28,29)26-22-23-12-3-13-24-22/h1-14H,15H2,(H,25,27)(H,23,24,26). The molecule has 0 saturated carbocycles. The number of hydrogen-bond acceptors (Lipinski definition) is 6. The zero-order chi connectivity index (χ0) is 21.7. The SMILES string of the molecule is O=C(COc1ccc2ccccc2c1)Nc1ccc(S(=O)(=O)Nc2ncccn2)cc1. The zero-order valence-electron chi connectivity index (χ0n) is 16.2. The predicted octanol–water partition coefficient (Wildman–Crippen LogP) is 3.45. The van der Waals surface area contributed by atoms with Crippen LogP contribution in [0.15, 0.2) is 90.1 Å². The molecule has 3 aromatic carbocycles. The van der Waals surface area contributed by atoms with Gasteiger partial charge in [0.1, 0.15) is 5.75 Å². The molecule has 0 fully saturated rings. The number of sulfonamides is 1. The number of nitrogens with zero attached hydrogens (tertiary/aromatic N) is 2. The monoisotopic (exact) mass is 434 g/mol. The Morgan fingerprint density at radius 2 is 1.58 bits per heavy atom. The molecule has 8 nitrogen and oxygen atoms in total. The van der Waals surface area contributed by atoms with Gasteiger partial charge in [-0.15, -0.1) is 0 Å². The zero-order valence-corrected chi connectivity index (χ0v) is 17.0. The van der Waals surface area contributed by atoms with Crippen LogP contribution in [0, 0.1) is 0 Å². The fraction of sp³-hybridized carbons (Fsp3) is 0.0455. The first-order chi connectivity index (χ1) is 15.0. The Balaban J connectivity index is 1.35. The molecular formula is C22H18N4O4S. The lowest BCUT2D eigenvalue weighted by Gasteiger charge is -2.10. The number of aromatic nitrogens is 2. The topological polar surface area (TPSA) is 110 Å². The molecule has 9 heteroatoms. The maximum absolute atomic E-state index is 12.4. The van der Waals surface area contributed by atoms with Crippen LogP contribution in [0.1, 0.15) is 0 Å². The maximum atomic E-state index is 12.4. The highest BCUT2D eigenvalue weighted by Gasteiger charge is 2.15. The third-order valence-corrected chi connectivity index (χ3v) is 5.67. The minimum Gasteiger partial charge on any atom is -0.484 e. The van der Waals surface area contributed by atoms with Crippen molar-refractivity contribution in [3.05, 3.63) is 85.2 Å². The highest BCUT2D eigenvalue weighted by molar-refractivity contribution is 7.92. The fourth-order valence-electron chi connectivity index (χ4n) is 2.85. The summed E-state index contributed by atoms with van der Waals surface area (Å²) in [6.07, 6.45) is 2.87. The van der Waals surface area contributed by atoms with Gasteiger partial charge in [-0.05, 0) is 53.2 Å². The van der Waals surface area contributed by atoms with Gasteiger partial charge in [-0.2, -0.15) is 0 Å². The quantitative estimate of drug-likeness (QED) is 0.461. The van der Waals surface area contributed by atoms with E-state index in [1.165, 1.54) is 36.7 Å². The van der Waals surface area contributed by atoms with Crippen LogP contribution in [0.3, 0.4) is 0 Å². The van der Waals surface area contributed by atoms with Crippen LogP contribution >= 0.6 is 0 Å². The average molecular weight is 434 g/mol. The highest BCUT2D eigenvalue weighted by Crippen LogP contribution is 2.21. The largest absolute Gasteiger partial charge is 0.484 e. The van der Waals surface area contributed by atoms with E-state index in [0.29, 0.717) is 11.4 Å². The number of ether oxygens (including phenoxy) is 1. The number of amides is 1. The van der Waals surface area contributed by atoms with Gasteiger partial charge in [0.25, 0.3) is 15.9 Å². The first-order valence-electron chi connectivity index (χ1n) is 9.31. The summed E-state index contributed by atoms with van der Waals surface area (Å²) in [4.78, 5) is 19.9. The Bertz CT molecular complexity index is 1310. The molecule has 0 aliphatic carbocycles.